The molecule has 0 aliphatic rings. The molecule has 0 amide bonds. The Hall–Kier alpha value is -4.17. The van der Waals surface area contributed by atoms with Crippen LogP contribution in [0, 0.1) is 5.92 Å². The van der Waals surface area contributed by atoms with E-state index in [1.165, 1.54) is 5.56 Å². The lowest BCUT2D eigenvalue weighted by molar-refractivity contribution is 0.483. The summed E-state index contributed by atoms with van der Waals surface area (Å²) in [5.74, 6) is 1.83. The number of anilines is 1. The van der Waals surface area contributed by atoms with E-state index in [4.69, 9.17) is 15.7 Å². The van der Waals surface area contributed by atoms with Gasteiger partial charge in [-0.2, -0.15) is 5.10 Å². The minimum absolute atomic E-state index is 0.0719. The Balaban J connectivity index is 1.52. The lowest BCUT2D eigenvalue weighted by atomic mass is 10.1. The second-order valence-corrected chi connectivity index (χ2v) is 9.36. The highest BCUT2D eigenvalue weighted by atomic mass is 15.3. The molecule has 0 saturated heterocycles. The molecule has 0 fully saturated rings. The molecule has 0 saturated carbocycles. The summed E-state index contributed by atoms with van der Waals surface area (Å²) in [6.45, 7) is 5.76. The molecule has 0 bridgehead atoms. The van der Waals surface area contributed by atoms with Crippen LogP contribution in [0.25, 0.3) is 33.5 Å². The average Bonchev–Trinajstić information content (AvgIpc) is 3.35. The van der Waals surface area contributed by atoms with E-state index in [0.29, 0.717) is 18.3 Å². The maximum atomic E-state index is 6.47. The predicted molar refractivity (Wildman–Crippen MR) is 143 cm³/mol. The van der Waals surface area contributed by atoms with Crippen molar-refractivity contribution in [2.45, 2.75) is 32.9 Å². The fourth-order valence-electron chi connectivity index (χ4n) is 4.21. The van der Waals surface area contributed by atoms with E-state index in [-0.39, 0.29) is 6.04 Å². The van der Waals surface area contributed by atoms with Crippen LogP contribution < -0.4 is 11.1 Å². The van der Waals surface area contributed by atoms with E-state index in [2.05, 4.69) is 46.4 Å². The molecule has 8 heteroatoms. The van der Waals surface area contributed by atoms with Crippen LogP contribution in [0.5, 0.6) is 0 Å². The molecule has 182 valence electrons. The van der Waals surface area contributed by atoms with Crippen LogP contribution in [0.3, 0.4) is 0 Å². The first-order valence-electron chi connectivity index (χ1n) is 12.2. The summed E-state index contributed by atoms with van der Waals surface area (Å²) >= 11 is 0. The number of fused-ring (bicyclic) bond motifs is 1. The molecule has 4 heterocycles. The monoisotopic (exact) mass is 478 g/mol. The van der Waals surface area contributed by atoms with E-state index in [1.807, 2.05) is 53.5 Å². The van der Waals surface area contributed by atoms with Gasteiger partial charge in [0.2, 0.25) is 0 Å². The van der Waals surface area contributed by atoms with Crippen LogP contribution >= 0.6 is 0 Å². The summed E-state index contributed by atoms with van der Waals surface area (Å²) in [6, 6.07) is 16.0. The Morgan fingerprint density at radius 2 is 1.75 bits per heavy atom. The highest BCUT2D eigenvalue weighted by Gasteiger charge is 2.16. The number of nitrogens with two attached hydrogens (primary N) is 1. The summed E-state index contributed by atoms with van der Waals surface area (Å²) in [5.41, 5.74) is 11.0. The second kappa shape index (κ2) is 10.6. The minimum Gasteiger partial charge on any atom is -0.368 e. The largest absolute Gasteiger partial charge is 0.368 e. The average molecular weight is 479 g/mol. The SMILES string of the molecule is CC(C)Cn1cc(-c2nccc3c(NC[C@H](N)Cc4ccccc4)nc(-c4ccncc4)nc23)cn1. The summed E-state index contributed by atoms with van der Waals surface area (Å²) in [6.07, 6.45) is 9.93. The van der Waals surface area contributed by atoms with Crippen molar-refractivity contribution < 1.29 is 0 Å². The van der Waals surface area contributed by atoms with Gasteiger partial charge in [-0.25, -0.2) is 9.97 Å². The molecule has 4 aromatic heterocycles. The third-order valence-corrected chi connectivity index (χ3v) is 5.88. The molecule has 0 aliphatic carbocycles. The van der Waals surface area contributed by atoms with Crippen molar-refractivity contribution in [3.8, 4) is 22.6 Å². The van der Waals surface area contributed by atoms with Crippen LogP contribution in [0.1, 0.15) is 19.4 Å². The molecule has 36 heavy (non-hydrogen) atoms. The van der Waals surface area contributed by atoms with Gasteiger partial charge in [-0.1, -0.05) is 44.2 Å². The van der Waals surface area contributed by atoms with Crippen LogP contribution in [-0.4, -0.2) is 42.3 Å². The molecule has 5 rings (SSSR count). The normalized spacial score (nSPS) is 12.2. The Bertz CT molecular complexity index is 1430. The van der Waals surface area contributed by atoms with Gasteiger partial charge in [0.05, 0.1) is 11.9 Å². The Morgan fingerprint density at radius 3 is 2.53 bits per heavy atom. The van der Waals surface area contributed by atoms with Crippen molar-refractivity contribution in [2.75, 3.05) is 11.9 Å². The quantitative estimate of drug-likeness (QED) is 0.319. The number of hydrogen-bond donors (Lipinski definition) is 2. The first kappa shape index (κ1) is 23.6. The van der Waals surface area contributed by atoms with Gasteiger partial charge in [0.15, 0.2) is 5.82 Å². The van der Waals surface area contributed by atoms with Crippen LogP contribution in [-0.2, 0) is 13.0 Å². The van der Waals surface area contributed by atoms with Crippen LogP contribution in [0.15, 0.2) is 79.5 Å². The zero-order valence-corrected chi connectivity index (χ0v) is 20.5. The van der Waals surface area contributed by atoms with E-state index in [0.717, 1.165) is 46.5 Å². The fraction of sp³-hybridized carbons (Fsp3) is 0.250. The molecule has 8 nitrogen and oxygen atoms in total. The molecule has 0 unspecified atom stereocenters. The number of nitrogens with zero attached hydrogens (tertiary/aromatic N) is 6. The molecule has 0 aliphatic heterocycles. The number of rotatable bonds is 9. The molecule has 3 N–H and O–H groups in total. The Morgan fingerprint density at radius 1 is 0.944 bits per heavy atom. The van der Waals surface area contributed by atoms with Gasteiger partial charge >= 0.3 is 0 Å². The molecule has 0 spiro atoms. The Labute approximate surface area is 210 Å². The zero-order chi connectivity index (χ0) is 24.9. The lowest BCUT2D eigenvalue weighted by Crippen LogP contribution is -2.31. The van der Waals surface area contributed by atoms with Gasteiger partial charge in [-0.15, -0.1) is 0 Å². The highest BCUT2D eigenvalue weighted by Crippen LogP contribution is 2.31. The lowest BCUT2D eigenvalue weighted by Gasteiger charge is -2.16. The number of benzene rings is 1. The van der Waals surface area contributed by atoms with Gasteiger partial charge in [-0.05, 0) is 36.1 Å². The van der Waals surface area contributed by atoms with Gasteiger partial charge in [-0.3, -0.25) is 14.6 Å². The second-order valence-electron chi connectivity index (χ2n) is 9.36. The molecular formula is C28H30N8. The summed E-state index contributed by atoms with van der Waals surface area (Å²) < 4.78 is 1.95. The van der Waals surface area contributed by atoms with Gasteiger partial charge in [0, 0.05) is 60.4 Å². The first-order chi connectivity index (χ1) is 17.6. The van der Waals surface area contributed by atoms with Gasteiger partial charge in [0.1, 0.15) is 11.3 Å². The van der Waals surface area contributed by atoms with Crippen molar-refractivity contribution in [1.82, 2.24) is 29.7 Å². The number of pyridine rings is 2. The summed E-state index contributed by atoms with van der Waals surface area (Å²) in [5, 5.41) is 8.91. The maximum absolute atomic E-state index is 6.47. The van der Waals surface area contributed by atoms with Crippen molar-refractivity contribution in [3.05, 3.63) is 85.1 Å². The minimum atomic E-state index is -0.0719. The third-order valence-electron chi connectivity index (χ3n) is 5.88. The first-order valence-corrected chi connectivity index (χ1v) is 12.2. The molecule has 1 aromatic carbocycles. The van der Waals surface area contributed by atoms with Gasteiger partial charge in [0.25, 0.3) is 0 Å². The van der Waals surface area contributed by atoms with Gasteiger partial charge < -0.3 is 11.1 Å². The molecule has 0 radical (unpaired) electrons. The Kier molecular flexibility index (Phi) is 6.95. The maximum Gasteiger partial charge on any atom is 0.162 e. The van der Waals surface area contributed by atoms with E-state index in [9.17, 15) is 0 Å². The van der Waals surface area contributed by atoms with E-state index in [1.54, 1.807) is 18.6 Å². The number of nitrogens with one attached hydrogen (secondary N) is 1. The number of aromatic nitrogens is 6. The highest BCUT2D eigenvalue weighted by molar-refractivity contribution is 5.98. The van der Waals surface area contributed by atoms with Crippen molar-refractivity contribution in [2.24, 2.45) is 11.7 Å². The summed E-state index contributed by atoms with van der Waals surface area (Å²) in [4.78, 5) is 18.6. The topological polar surface area (TPSA) is 107 Å². The molecule has 5 aromatic rings. The van der Waals surface area contributed by atoms with Crippen molar-refractivity contribution in [1.29, 1.82) is 0 Å². The zero-order valence-electron chi connectivity index (χ0n) is 20.5. The van der Waals surface area contributed by atoms with Crippen molar-refractivity contribution in [3.63, 3.8) is 0 Å². The van der Waals surface area contributed by atoms with Crippen LogP contribution in [0.4, 0.5) is 5.82 Å². The van der Waals surface area contributed by atoms with Crippen LogP contribution in [0.2, 0.25) is 0 Å². The fourth-order valence-corrected chi connectivity index (χ4v) is 4.21. The standard InChI is InChI=1S/C28H30N8/c1-19(2)17-36-18-22(15-33-36)25-26-24(10-13-31-25)28(35-27(34-26)21-8-11-30-12-9-21)32-16-23(29)14-20-6-4-3-5-7-20/h3-13,15,18-19,23H,14,16-17,29H2,1-2H3,(H,32,34,35)/t23-/m1/s1. The van der Waals surface area contributed by atoms with E-state index >= 15 is 0 Å². The smallest absolute Gasteiger partial charge is 0.162 e. The molecular weight excluding hydrogens is 448 g/mol. The summed E-state index contributed by atoms with van der Waals surface area (Å²) in [7, 11) is 0. The predicted octanol–water partition coefficient (Wildman–Crippen LogP) is 4.59. The van der Waals surface area contributed by atoms with E-state index < -0.39 is 0 Å². The van der Waals surface area contributed by atoms with Crippen molar-refractivity contribution >= 4 is 16.7 Å². The molecule has 1 atom stereocenters. The third kappa shape index (κ3) is 5.39. The number of hydrogen-bond acceptors (Lipinski definition) is 7.